The Morgan fingerprint density at radius 3 is 2.52 bits per heavy atom. The summed E-state index contributed by atoms with van der Waals surface area (Å²) in [5.41, 5.74) is 3.69. The van der Waals surface area contributed by atoms with Crippen molar-refractivity contribution in [2.24, 2.45) is 0 Å². The maximum atomic E-state index is 12.0. The van der Waals surface area contributed by atoms with Gasteiger partial charge in [0, 0.05) is 24.0 Å². The zero-order valence-corrected chi connectivity index (χ0v) is 15.6. The molecule has 0 saturated carbocycles. The minimum Gasteiger partial charge on any atom is -0.348 e. The third kappa shape index (κ3) is 5.55. The summed E-state index contributed by atoms with van der Waals surface area (Å²) in [6.07, 6.45) is 7.52. The molecule has 25 heavy (non-hydrogen) atoms. The normalized spacial score (nSPS) is 15.6. The molecule has 1 saturated heterocycles. The van der Waals surface area contributed by atoms with E-state index in [1.54, 1.807) is 17.4 Å². The van der Waals surface area contributed by atoms with Crippen LogP contribution in [0.1, 0.15) is 40.8 Å². The molecule has 1 N–H and O–H groups in total. The first-order valence-corrected chi connectivity index (χ1v) is 9.89. The lowest BCUT2D eigenvalue weighted by Gasteiger charge is -2.26. The molecule has 132 valence electrons. The molecule has 1 aliphatic rings. The summed E-state index contributed by atoms with van der Waals surface area (Å²) in [5, 5.41) is 4.99. The van der Waals surface area contributed by atoms with Crippen LogP contribution in [0.5, 0.6) is 0 Å². The SMILES string of the molecule is Cc1ccsc1/C=C/C(=O)NCc1ccc(CN2CCCCC2)cc1. The van der Waals surface area contributed by atoms with Crippen LogP contribution in [0, 0.1) is 6.92 Å². The minimum atomic E-state index is -0.0507. The first-order chi connectivity index (χ1) is 12.2. The zero-order valence-electron chi connectivity index (χ0n) is 14.8. The number of carbonyl (C=O) groups excluding carboxylic acids is 1. The van der Waals surface area contributed by atoms with Gasteiger partial charge in [0.2, 0.25) is 5.91 Å². The van der Waals surface area contributed by atoms with E-state index in [-0.39, 0.29) is 5.91 Å². The summed E-state index contributed by atoms with van der Waals surface area (Å²) >= 11 is 1.65. The highest BCUT2D eigenvalue weighted by Gasteiger charge is 2.10. The van der Waals surface area contributed by atoms with Crippen LogP contribution in [-0.2, 0) is 17.9 Å². The molecule has 1 amide bonds. The molecular formula is C21H26N2OS. The topological polar surface area (TPSA) is 32.3 Å². The maximum absolute atomic E-state index is 12.0. The molecule has 1 fully saturated rings. The number of nitrogens with zero attached hydrogens (tertiary/aromatic N) is 1. The third-order valence-electron chi connectivity index (χ3n) is 4.63. The van der Waals surface area contributed by atoms with Crippen LogP contribution in [0.15, 0.2) is 41.8 Å². The number of aryl methyl sites for hydroxylation is 1. The molecule has 0 bridgehead atoms. The lowest BCUT2D eigenvalue weighted by atomic mass is 10.1. The summed E-state index contributed by atoms with van der Waals surface area (Å²) in [4.78, 5) is 15.6. The second-order valence-corrected chi connectivity index (χ2v) is 7.62. The molecular weight excluding hydrogens is 328 g/mol. The van der Waals surface area contributed by atoms with Crippen molar-refractivity contribution in [2.45, 2.75) is 39.3 Å². The number of amides is 1. The predicted octanol–water partition coefficient (Wildman–Crippen LogP) is 4.37. The fraction of sp³-hybridized carbons (Fsp3) is 0.381. The Kier molecular flexibility index (Phi) is 6.42. The molecule has 0 radical (unpaired) electrons. The van der Waals surface area contributed by atoms with Crippen molar-refractivity contribution in [3.05, 3.63) is 63.4 Å². The first-order valence-electron chi connectivity index (χ1n) is 9.01. The Morgan fingerprint density at radius 1 is 1.12 bits per heavy atom. The van der Waals surface area contributed by atoms with Gasteiger partial charge in [-0.25, -0.2) is 0 Å². The second-order valence-electron chi connectivity index (χ2n) is 6.67. The van der Waals surface area contributed by atoms with Crippen molar-refractivity contribution < 1.29 is 4.79 Å². The van der Waals surface area contributed by atoms with Crippen LogP contribution in [0.3, 0.4) is 0 Å². The zero-order chi connectivity index (χ0) is 17.5. The Bertz CT molecular complexity index is 712. The fourth-order valence-electron chi connectivity index (χ4n) is 3.09. The van der Waals surface area contributed by atoms with Crippen molar-refractivity contribution in [1.82, 2.24) is 10.2 Å². The molecule has 2 heterocycles. The number of piperidine rings is 1. The Balaban J connectivity index is 1.45. The molecule has 0 unspecified atom stereocenters. The molecule has 2 aromatic rings. The fourth-order valence-corrected chi connectivity index (χ4v) is 3.91. The van der Waals surface area contributed by atoms with Crippen LogP contribution in [0.2, 0.25) is 0 Å². The van der Waals surface area contributed by atoms with Crippen LogP contribution >= 0.6 is 11.3 Å². The molecule has 1 aromatic heterocycles. The van der Waals surface area contributed by atoms with Gasteiger partial charge in [0.05, 0.1) is 0 Å². The largest absolute Gasteiger partial charge is 0.348 e. The van der Waals surface area contributed by atoms with Gasteiger partial charge in [-0.2, -0.15) is 0 Å². The monoisotopic (exact) mass is 354 g/mol. The molecule has 1 aromatic carbocycles. The Hall–Kier alpha value is -1.91. The number of rotatable bonds is 6. The summed E-state index contributed by atoms with van der Waals surface area (Å²) in [7, 11) is 0. The van der Waals surface area contributed by atoms with Crippen LogP contribution in [-0.4, -0.2) is 23.9 Å². The van der Waals surface area contributed by atoms with Gasteiger partial charge in [-0.3, -0.25) is 9.69 Å². The number of carbonyl (C=O) groups is 1. The van der Waals surface area contributed by atoms with Gasteiger partial charge >= 0.3 is 0 Å². The van der Waals surface area contributed by atoms with Crippen molar-refractivity contribution >= 4 is 23.3 Å². The highest BCUT2D eigenvalue weighted by molar-refractivity contribution is 7.11. The van der Waals surface area contributed by atoms with E-state index >= 15 is 0 Å². The molecule has 4 heteroatoms. The molecule has 3 nitrogen and oxygen atoms in total. The molecule has 0 aliphatic carbocycles. The van der Waals surface area contributed by atoms with E-state index in [2.05, 4.69) is 47.5 Å². The van der Waals surface area contributed by atoms with E-state index in [1.807, 2.05) is 11.5 Å². The van der Waals surface area contributed by atoms with E-state index in [9.17, 15) is 4.79 Å². The van der Waals surface area contributed by atoms with Crippen LogP contribution in [0.4, 0.5) is 0 Å². The number of hydrogen-bond acceptors (Lipinski definition) is 3. The summed E-state index contributed by atoms with van der Waals surface area (Å²) in [5.74, 6) is -0.0507. The van der Waals surface area contributed by atoms with E-state index < -0.39 is 0 Å². The predicted molar refractivity (Wildman–Crippen MR) is 106 cm³/mol. The smallest absolute Gasteiger partial charge is 0.244 e. The Labute approximate surface area is 154 Å². The van der Waals surface area contributed by atoms with E-state index in [1.165, 1.54) is 43.5 Å². The average molecular weight is 355 g/mol. The van der Waals surface area contributed by atoms with Gasteiger partial charge < -0.3 is 5.32 Å². The van der Waals surface area contributed by atoms with Crippen molar-refractivity contribution in [3.8, 4) is 0 Å². The van der Waals surface area contributed by atoms with Crippen molar-refractivity contribution in [1.29, 1.82) is 0 Å². The van der Waals surface area contributed by atoms with E-state index in [0.29, 0.717) is 6.54 Å². The number of hydrogen-bond donors (Lipinski definition) is 1. The number of benzene rings is 1. The van der Waals surface area contributed by atoms with E-state index in [0.717, 1.165) is 17.0 Å². The summed E-state index contributed by atoms with van der Waals surface area (Å²) in [6.45, 7) is 6.09. The number of nitrogens with one attached hydrogen (secondary N) is 1. The quantitative estimate of drug-likeness (QED) is 0.781. The second kappa shape index (κ2) is 8.97. The van der Waals surface area contributed by atoms with E-state index in [4.69, 9.17) is 0 Å². The summed E-state index contributed by atoms with van der Waals surface area (Å²) in [6, 6.07) is 10.7. The minimum absolute atomic E-state index is 0.0507. The van der Waals surface area contributed by atoms with Gasteiger partial charge in [0.25, 0.3) is 0 Å². The van der Waals surface area contributed by atoms with Crippen LogP contribution in [0.25, 0.3) is 6.08 Å². The standard InChI is InChI=1S/C21H26N2OS/c1-17-11-14-25-20(17)9-10-21(24)22-15-18-5-7-19(8-6-18)16-23-12-3-2-4-13-23/h5-11,14H,2-4,12-13,15-16H2,1H3,(H,22,24)/b10-9+. The lowest BCUT2D eigenvalue weighted by Crippen LogP contribution is -2.29. The first kappa shape index (κ1) is 17.9. The maximum Gasteiger partial charge on any atom is 0.244 e. The molecule has 0 spiro atoms. The highest BCUT2D eigenvalue weighted by atomic mass is 32.1. The number of thiophene rings is 1. The Morgan fingerprint density at radius 2 is 1.84 bits per heavy atom. The van der Waals surface area contributed by atoms with Gasteiger partial charge in [0.15, 0.2) is 0 Å². The highest BCUT2D eigenvalue weighted by Crippen LogP contribution is 2.17. The van der Waals surface area contributed by atoms with Gasteiger partial charge in [-0.05, 0) is 67.1 Å². The van der Waals surface area contributed by atoms with Crippen LogP contribution < -0.4 is 5.32 Å². The molecule has 3 rings (SSSR count). The third-order valence-corrected chi connectivity index (χ3v) is 5.62. The molecule has 1 aliphatic heterocycles. The average Bonchev–Trinajstić information content (AvgIpc) is 3.05. The van der Waals surface area contributed by atoms with Crippen molar-refractivity contribution in [3.63, 3.8) is 0 Å². The number of likely N-dealkylation sites (tertiary alicyclic amines) is 1. The lowest BCUT2D eigenvalue weighted by molar-refractivity contribution is -0.116. The van der Waals surface area contributed by atoms with Gasteiger partial charge in [0.1, 0.15) is 0 Å². The van der Waals surface area contributed by atoms with Crippen molar-refractivity contribution in [2.75, 3.05) is 13.1 Å². The van der Waals surface area contributed by atoms with Gasteiger partial charge in [-0.1, -0.05) is 30.7 Å². The van der Waals surface area contributed by atoms with Gasteiger partial charge in [-0.15, -0.1) is 11.3 Å². The molecule has 0 atom stereocenters. The summed E-state index contributed by atoms with van der Waals surface area (Å²) < 4.78 is 0.